The second-order valence-corrected chi connectivity index (χ2v) is 4.45. The van der Waals surface area contributed by atoms with Crippen molar-refractivity contribution in [3.63, 3.8) is 0 Å². The lowest BCUT2D eigenvalue weighted by Crippen LogP contribution is -2.32. The predicted octanol–water partition coefficient (Wildman–Crippen LogP) is 0.252. The molecular weight excluding hydrogens is 218 g/mol. The molecule has 1 atom stereocenters. The predicted molar refractivity (Wildman–Crippen MR) is 63.6 cm³/mol. The summed E-state index contributed by atoms with van der Waals surface area (Å²) in [4.78, 5) is 0. The molecule has 0 saturated carbocycles. The number of aryl methyl sites for hydroxylation is 1. The van der Waals surface area contributed by atoms with E-state index in [2.05, 4.69) is 20.8 Å². The van der Waals surface area contributed by atoms with Crippen LogP contribution in [0.1, 0.15) is 25.6 Å². The van der Waals surface area contributed by atoms with Crippen LogP contribution in [-0.2, 0) is 17.7 Å². The van der Waals surface area contributed by atoms with Crippen LogP contribution in [0.25, 0.3) is 0 Å². The molecule has 6 nitrogen and oxygen atoms in total. The summed E-state index contributed by atoms with van der Waals surface area (Å²) < 4.78 is 7.51. The van der Waals surface area contributed by atoms with Gasteiger partial charge in [-0.05, 0) is 42.7 Å². The van der Waals surface area contributed by atoms with Gasteiger partial charge in [-0.1, -0.05) is 0 Å². The molecule has 1 aliphatic heterocycles. The van der Waals surface area contributed by atoms with E-state index in [0.29, 0.717) is 12.5 Å². The molecule has 0 aromatic carbocycles. The van der Waals surface area contributed by atoms with Gasteiger partial charge in [-0.3, -0.25) is 0 Å². The van der Waals surface area contributed by atoms with Gasteiger partial charge in [0.25, 0.3) is 0 Å². The molecule has 0 bridgehead atoms. The molecule has 17 heavy (non-hydrogen) atoms. The smallest absolute Gasteiger partial charge is 0.153 e. The van der Waals surface area contributed by atoms with Crippen molar-refractivity contribution >= 4 is 0 Å². The standard InChI is InChI=1S/C11H21N5O/c1-2-16-11(13-14-15-16)5-7-17-9-10-4-3-6-12-8-10/h10,12H,2-9H2,1H3/t10-/m0/s1. The average Bonchev–Trinajstić information content (AvgIpc) is 2.83. The monoisotopic (exact) mass is 239 g/mol. The fourth-order valence-electron chi connectivity index (χ4n) is 2.13. The first-order valence-electron chi connectivity index (χ1n) is 6.43. The summed E-state index contributed by atoms with van der Waals surface area (Å²) in [7, 11) is 0. The highest BCUT2D eigenvalue weighted by atomic mass is 16.5. The second kappa shape index (κ2) is 6.66. The molecule has 6 heteroatoms. The maximum atomic E-state index is 5.70. The fourth-order valence-corrected chi connectivity index (χ4v) is 2.13. The third-order valence-corrected chi connectivity index (χ3v) is 3.13. The Hall–Kier alpha value is -1.01. The van der Waals surface area contributed by atoms with E-state index in [1.807, 2.05) is 11.6 Å². The molecule has 2 heterocycles. The Labute approximate surface area is 102 Å². The van der Waals surface area contributed by atoms with Crippen LogP contribution in [0.2, 0.25) is 0 Å². The van der Waals surface area contributed by atoms with Crippen molar-refractivity contribution in [1.82, 2.24) is 25.5 Å². The molecule has 0 radical (unpaired) electrons. The van der Waals surface area contributed by atoms with Gasteiger partial charge in [0.05, 0.1) is 13.2 Å². The number of nitrogens with one attached hydrogen (secondary N) is 1. The van der Waals surface area contributed by atoms with Crippen LogP contribution in [-0.4, -0.2) is 46.5 Å². The highest BCUT2D eigenvalue weighted by molar-refractivity contribution is 4.80. The number of tetrazole rings is 1. The molecule has 0 aliphatic carbocycles. The minimum absolute atomic E-state index is 0.672. The summed E-state index contributed by atoms with van der Waals surface area (Å²) in [6.07, 6.45) is 3.34. The van der Waals surface area contributed by atoms with Crippen molar-refractivity contribution in [2.24, 2.45) is 5.92 Å². The molecule has 1 saturated heterocycles. The number of nitrogens with zero attached hydrogens (tertiary/aromatic N) is 4. The summed E-state index contributed by atoms with van der Waals surface area (Å²) in [5.74, 6) is 1.58. The zero-order valence-corrected chi connectivity index (χ0v) is 10.4. The molecule has 1 aromatic heterocycles. The minimum atomic E-state index is 0.672. The van der Waals surface area contributed by atoms with Crippen LogP contribution < -0.4 is 5.32 Å². The number of aromatic nitrogens is 4. The minimum Gasteiger partial charge on any atom is -0.381 e. The van der Waals surface area contributed by atoms with Gasteiger partial charge >= 0.3 is 0 Å². The van der Waals surface area contributed by atoms with E-state index < -0.39 is 0 Å². The SMILES string of the molecule is CCn1nnnc1CCOC[C@H]1CCCNC1. The lowest BCUT2D eigenvalue weighted by atomic mass is 10.0. The van der Waals surface area contributed by atoms with E-state index in [9.17, 15) is 0 Å². The van der Waals surface area contributed by atoms with E-state index in [-0.39, 0.29) is 0 Å². The van der Waals surface area contributed by atoms with Crippen LogP contribution >= 0.6 is 0 Å². The topological polar surface area (TPSA) is 64.9 Å². The van der Waals surface area contributed by atoms with Crippen LogP contribution in [0.5, 0.6) is 0 Å². The third-order valence-electron chi connectivity index (χ3n) is 3.13. The number of piperidine rings is 1. The van der Waals surface area contributed by atoms with Crippen molar-refractivity contribution < 1.29 is 4.74 Å². The molecule has 1 fully saturated rings. The largest absolute Gasteiger partial charge is 0.381 e. The molecule has 2 rings (SSSR count). The zero-order chi connectivity index (χ0) is 11.9. The van der Waals surface area contributed by atoms with Gasteiger partial charge in [0.1, 0.15) is 0 Å². The second-order valence-electron chi connectivity index (χ2n) is 4.45. The van der Waals surface area contributed by atoms with Crippen LogP contribution in [0.15, 0.2) is 0 Å². The Morgan fingerprint density at radius 2 is 2.47 bits per heavy atom. The van der Waals surface area contributed by atoms with Crippen molar-refractivity contribution in [3.05, 3.63) is 5.82 Å². The first-order chi connectivity index (χ1) is 8.40. The van der Waals surface area contributed by atoms with E-state index >= 15 is 0 Å². The van der Waals surface area contributed by atoms with Gasteiger partial charge in [0, 0.05) is 19.5 Å². The molecule has 1 aliphatic rings. The van der Waals surface area contributed by atoms with Crippen LogP contribution in [0, 0.1) is 5.92 Å². The Morgan fingerprint density at radius 1 is 1.53 bits per heavy atom. The van der Waals surface area contributed by atoms with Crippen LogP contribution in [0.4, 0.5) is 0 Å². The first-order valence-corrected chi connectivity index (χ1v) is 6.43. The third kappa shape index (κ3) is 3.74. The normalized spacial score (nSPS) is 20.6. The average molecular weight is 239 g/mol. The van der Waals surface area contributed by atoms with Crippen LogP contribution in [0.3, 0.4) is 0 Å². The van der Waals surface area contributed by atoms with Crippen molar-refractivity contribution in [2.45, 2.75) is 32.7 Å². The van der Waals surface area contributed by atoms with E-state index in [1.165, 1.54) is 12.8 Å². The maximum Gasteiger partial charge on any atom is 0.153 e. The molecule has 0 unspecified atom stereocenters. The van der Waals surface area contributed by atoms with Gasteiger partial charge in [0.2, 0.25) is 0 Å². The number of hydrogen-bond donors (Lipinski definition) is 1. The quantitative estimate of drug-likeness (QED) is 0.721. The van der Waals surface area contributed by atoms with Gasteiger partial charge in [-0.15, -0.1) is 5.10 Å². The lowest BCUT2D eigenvalue weighted by molar-refractivity contribution is 0.0907. The van der Waals surface area contributed by atoms with Crippen molar-refractivity contribution in [1.29, 1.82) is 0 Å². The Balaban J connectivity index is 1.62. The summed E-state index contributed by atoms with van der Waals surface area (Å²) in [5, 5.41) is 14.9. The Kier molecular flexibility index (Phi) is 4.88. The zero-order valence-electron chi connectivity index (χ0n) is 10.4. The highest BCUT2D eigenvalue weighted by Gasteiger charge is 2.13. The lowest BCUT2D eigenvalue weighted by Gasteiger charge is -2.22. The highest BCUT2D eigenvalue weighted by Crippen LogP contribution is 2.10. The Morgan fingerprint density at radius 3 is 3.24 bits per heavy atom. The first kappa shape index (κ1) is 12.4. The summed E-state index contributed by atoms with van der Waals surface area (Å²) in [6, 6.07) is 0. The number of rotatable bonds is 6. The molecule has 1 aromatic rings. The van der Waals surface area contributed by atoms with Crippen molar-refractivity contribution in [2.75, 3.05) is 26.3 Å². The number of hydrogen-bond acceptors (Lipinski definition) is 5. The van der Waals surface area contributed by atoms with E-state index in [1.54, 1.807) is 0 Å². The number of ether oxygens (including phenoxy) is 1. The molecule has 0 amide bonds. The maximum absolute atomic E-state index is 5.70. The van der Waals surface area contributed by atoms with E-state index in [0.717, 1.165) is 38.5 Å². The Bertz CT molecular complexity index is 321. The van der Waals surface area contributed by atoms with Gasteiger partial charge in [-0.2, -0.15) is 0 Å². The van der Waals surface area contributed by atoms with Gasteiger partial charge in [-0.25, -0.2) is 4.68 Å². The van der Waals surface area contributed by atoms with Gasteiger partial charge in [0.15, 0.2) is 5.82 Å². The molecule has 96 valence electrons. The summed E-state index contributed by atoms with van der Waals surface area (Å²) >= 11 is 0. The van der Waals surface area contributed by atoms with Gasteiger partial charge < -0.3 is 10.1 Å². The molecule has 1 N–H and O–H groups in total. The summed E-state index contributed by atoms with van der Waals surface area (Å²) in [6.45, 7) is 6.65. The summed E-state index contributed by atoms with van der Waals surface area (Å²) in [5.41, 5.74) is 0. The van der Waals surface area contributed by atoms with E-state index in [4.69, 9.17) is 4.74 Å². The fraction of sp³-hybridized carbons (Fsp3) is 0.909. The van der Waals surface area contributed by atoms with Crippen molar-refractivity contribution in [3.8, 4) is 0 Å². The molecular formula is C11H21N5O. The molecule has 0 spiro atoms.